The summed E-state index contributed by atoms with van der Waals surface area (Å²) in [6.07, 6.45) is 1.96. The molecule has 5 heteroatoms. The van der Waals surface area contributed by atoms with Crippen LogP contribution in [0.4, 0.5) is 11.6 Å². The van der Waals surface area contributed by atoms with Gasteiger partial charge in [0.1, 0.15) is 17.5 Å². The van der Waals surface area contributed by atoms with Crippen molar-refractivity contribution in [3.8, 4) is 0 Å². The van der Waals surface area contributed by atoms with E-state index in [4.69, 9.17) is 9.72 Å². The average molecular weight is 264 g/mol. The minimum absolute atomic E-state index is 0.0267. The van der Waals surface area contributed by atoms with Crippen molar-refractivity contribution in [3.63, 3.8) is 0 Å². The zero-order valence-corrected chi connectivity index (χ0v) is 12.4. The number of rotatable bonds is 4. The molecule has 2 heterocycles. The first kappa shape index (κ1) is 14.1. The third-order valence-corrected chi connectivity index (χ3v) is 3.41. The summed E-state index contributed by atoms with van der Waals surface area (Å²) in [5.41, 5.74) is -0.0267. The van der Waals surface area contributed by atoms with Crippen molar-refractivity contribution in [2.75, 3.05) is 37.0 Å². The number of nitrogens with one attached hydrogen (secondary N) is 1. The Morgan fingerprint density at radius 3 is 2.84 bits per heavy atom. The van der Waals surface area contributed by atoms with Crippen molar-refractivity contribution in [2.45, 2.75) is 39.2 Å². The molecule has 1 aliphatic heterocycles. The molecule has 1 fully saturated rings. The Bertz CT molecular complexity index is 433. The lowest BCUT2D eigenvalue weighted by Gasteiger charge is -2.43. The summed E-state index contributed by atoms with van der Waals surface area (Å²) in [6.45, 7) is 8.88. The van der Waals surface area contributed by atoms with Crippen molar-refractivity contribution < 1.29 is 4.74 Å². The van der Waals surface area contributed by atoms with Crippen LogP contribution in [-0.2, 0) is 11.2 Å². The van der Waals surface area contributed by atoms with Crippen LogP contribution >= 0.6 is 0 Å². The summed E-state index contributed by atoms with van der Waals surface area (Å²) in [5, 5.41) is 3.12. The molecule has 1 aromatic rings. The summed E-state index contributed by atoms with van der Waals surface area (Å²) in [6, 6.07) is 2.02. The van der Waals surface area contributed by atoms with Crippen LogP contribution in [0.5, 0.6) is 0 Å². The van der Waals surface area contributed by atoms with Gasteiger partial charge in [-0.05, 0) is 20.3 Å². The van der Waals surface area contributed by atoms with E-state index >= 15 is 0 Å². The smallest absolute Gasteiger partial charge is 0.135 e. The number of hydrogen-bond acceptors (Lipinski definition) is 5. The zero-order valence-electron chi connectivity index (χ0n) is 12.4. The Balaban J connectivity index is 2.34. The maximum absolute atomic E-state index is 5.57. The fourth-order valence-electron chi connectivity index (χ4n) is 2.37. The van der Waals surface area contributed by atoms with E-state index in [0.717, 1.165) is 50.1 Å². The molecule has 0 saturated carbocycles. The molecule has 0 spiro atoms. The highest BCUT2D eigenvalue weighted by Gasteiger charge is 2.31. The maximum Gasteiger partial charge on any atom is 0.135 e. The average Bonchev–Trinajstić information content (AvgIpc) is 2.38. The van der Waals surface area contributed by atoms with Gasteiger partial charge in [0.05, 0.1) is 18.8 Å². The van der Waals surface area contributed by atoms with E-state index in [9.17, 15) is 0 Å². The van der Waals surface area contributed by atoms with E-state index in [-0.39, 0.29) is 5.54 Å². The first-order valence-electron chi connectivity index (χ1n) is 6.98. The van der Waals surface area contributed by atoms with Gasteiger partial charge in [-0.25, -0.2) is 9.97 Å². The summed E-state index contributed by atoms with van der Waals surface area (Å²) in [7, 11) is 1.90. The molecule has 0 aliphatic carbocycles. The van der Waals surface area contributed by atoms with E-state index in [2.05, 4.69) is 36.0 Å². The molecule has 1 aromatic heterocycles. The van der Waals surface area contributed by atoms with Gasteiger partial charge in [-0.2, -0.15) is 0 Å². The van der Waals surface area contributed by atoms with E-state index < -0.39 is 0 Å². The zero-order chi connectivity index (χ0) is 13.9. The molecule has 0 bridgehead atoms. The highest BCUT2D eigenvalue weighted by molar-refractivity contribution is 5.51. The topological polar surface area (TPSA) is 50.3 Å². The minimum Gasteiger partial charge on any atom is -0.377 e. The van der Waals surface area contributed by atoms with Gasteiger partial charge in [0.15, 0.2) is 0 Å². The number of morpholine rings is 1. The molecule has 1 aliphatic rings. The molecule has 2 rings (SSSR count). The second-order valence-electron chi connectivity index (χ2n) is 5.54. The summed E-state index contributed by atoms with van der Waals surface area (Å²) in [4.78, 5) is 11.5. The van der Waals surface area contributed by atoms with E-state index in [1.807, 2.05) is 13.1 Å². The number of aryl methyl sites for hydroxylation is 1. The van der Waals surface area contributed by atoms with Gasteiger partial charge in [0, 0.05) is 26.1 Å². The SMILES string of the molecule is CCCc1nc(NC)cc(N2CCOCC2(C)C)n1. The Kier molecular flexibility index (Phi) is 4.24. The van der Waals surface area contributed by atoms with E-state index in [1.165, 1.54) is 0 Å². The maximum atomic E-state index is 5.57. The summed E-state index contributed by atoms with van der Waals surface area (Å²) in [5.74, 6) is 2.79. The molecule has 1 saturated heterocycles. The third kappa shape index (κ3) is 3.15. The Morgan fingerprint density at radius 1 is 1.42 bits per heavy atom. The predicted molar refractivity (Wildman–Crippen MR) is 77.8 cm³/mol. The van der Waals surface area contributed by atoms with Crippen LogP contribution in [-0.4, -0.2) is 42.3 Å². The van der Waals surface area contributed by atoms with Gasteiger partial charge in [-0.3, -0.25) is 0 Å². The second-order valence-corrected chi connectivity index (χ2v) is 5.54. The van der Waals surface area contributed by atoms with Gasteiger partial charge in [-0.1, -0.05) is 6.92 Å². The van der Waals surface area contributed by atoms with Crippen molar-refractivity contribution in [1.29, 1.82) is 0 Å². The highest BCUT2D eigenvalue weighted by Crippen LogP contribution is 2.27. The monoisotopic (exact) mass is 264 g/mol. The molecular weight excluding hydrogens is 240 g/mol. The number of anilines is 2. The second kappa shape index (κ2) is 5.74. The van der Waals surface area contributed by atoms with Crippen molar-refractivity contribution in [2.24, 2.45) is 0 Å². The predicted octanol–water partition coefficient (Wildman–Crippen LogP) is 2.09. The minimum atomic E-state index is -0.0267. The van der Waals surface area contributed by atoms with Gasteiger partial charge in [-0.15, -0.1) is 0 Å². The summed E-state index contributed by atoms with van der Waals surface area (Å²) < 4.78 is 5.57. The Hall–Kier alpha value is -1.36. The molecule has 0 radical (unpaired) electrons. The van der Waals surface area contributed by atoms with Crippen LogP contribution in [0.25, 0.3) is 0 Å². The van der Waals surface area contributed by atoms with Crippen LogP contribution in [0.3, 0.4) is 0 Å². The first-order chi connectivity index (χ1) is 9.06. The van der Waals surface area contributed by atoms with Crippen molar-refractivity contribution in [1.82, 2.24) is 9.97 Å². The molecule has 0 aromatic carbocycles. The van der Waals surface area contributed by atoms with Crippen LogP contribution in [0.15, 0.2) is 6.07 Å². The molecular formula is C14H24N4O. The molecule has 1 N–H and O–H groups in total. The quantitative estimate of drug-likeness (QED) is 0.902. The van der Waals surface area contributed by atoms with Gasteiger partial charge >= 0.3 is 0 Å². The molecule has 19 heavy (non-hydrogen) atoms. The van der Waals surface area contributed by atoms with Gasteiger partial charge in [0.2, 0.25) is 0 Å². The Labute approximate surface area is 115 Å². The third-order valence-electron chi connectivity index (χ3n) is 3.41. The fourth-order valence-corrected chi connectivity index (χ4v) is 2.37. The van der Waals surface area contributed by atoms with Gasteiger partial charge < -0.3 is 15.0 Å². The summed E-state index contributed by atoms with van der Waals surface area (Å²) >= 11 is 0. The molecule has 106 valence electrons. The lowest BCUT2D eigenvalue weighted by molar-refractivity contribution is 0.0639. The number of hydrogen-bond donors (Lipinski definition) is 1. The van der Waals surface area contributed by atoms with Gasteiger partial charge in [0.25, 0.3) is 0 Å². The van der Waals surface area contributed by atoms with Crippen LogP contribution in [0.2, 0.25) is 0 Å². The lowest BCUT2D eigenvalue weighted by Crippen LogP contribution is -2.53. The number of aromatic nitrogens is 2. The number of ether oxygens (including phenoxy) is 1. The largest absolute Gasteiger partial charge is 0.377 e. The molecule has 5 nitrogen and oxygen atoms in total. The fraction of sp³-hybridized carbons (Fsp3) is 0.714. The molecule has 0 atom stereocenters. The van der Waals surface area contributed by atoms with Crippen LogP contribution in [0, 0.1) is 0 Å². The Morgan fingerprint density at radius 2 is 2.21 bits per heavy atom. The number of nitrogens with zero attached hydrogens (tertiary/aromatic N) is 3. The van der Waals surface area contributed by atoms with Crippen molar-refractivity contribution >= 4 is 11.6 Å². The molecule has 0 amide bonds. The lowest BCUT2D eigenvalue weighted by atomic mass is 10.0. The van der Waals surface area contributed by atoms with Crippen molar-refractivity contribution in [3.05, 3.63) is 11.9 Å². The van der Waals surface area contributed by atoms with Crippen LogP contribution < -0.4 is 10.2 Å². The first-order valence-corrected chi connectivity index (χ1v) is 6.98. The van der Waals surface area contributed by atoms with E-state index in [1.54, 1.807) is 0 Å². The standard InChI is InChI=1S/C14H24N4O/c1-5-6-11-16-12(15-4)9-13(17-11)18-7-8-19-10-14(18,2)3/h9H,5-8,10H2,1-4H3,(H,15,16,17). The van der Waals surface area contributed by atoms with Crippen LogP contribution in [0.1, 0.15) is 33.0 Å². The molecule has 0 unspecified atom stereocenters. The van der Waals surface area contributed by atoms with E-state index in [0.29, 0.717) is 0 Å². The normalized spacial score (nSPS) is 18.4. The highest BCUT2D eigenvalue weighted by atomic mass is 16.5.